The summed E-state index contributed by atoms with van der Waals surface area (Å²) in [6, 6.07) is 5.83. The lowest BCUT2D eigenvalue weighted by molar-refractivity contribution is -0.118. The molecular formula is C26H29ClN8O2. The summed E-state index contributed by atoms with van der Waals surface area (Å²) < 4.78 is 5.60. The first-order chi connectivity index (χ1) is 18.0. The molecule has 0 bridgehead atoms. The van der Waals surface area contributed by atoms with E-state index in [0.29, 0.717) is 43.1 Å². The van der Waals surface area contributed by atoms with Gasteiger partial charge in [-0.3, -0.25) is 9.69 Å². The minimum Gasteiger partial charge on any atom is -0.474 e. The zero-order valence-electron chi connectivity index (χ0n) is 20.7. The molecular weight excluding hydrogens is 492 g/mol. The van der Waals surface area contributed by atoms with Gasteiger partial charge in [-0.25, -0.2) is 15.0 Å². The third-order valence-corrected chi connectivity index (χ3v) is 7.35. The zero-order chi connectivity index (χ0) is 25.4. The lowest BCUT2D eigenvalue weighted by Crippen LogP contribution is -2.42. The van der Waals surface area contributed by atoms with Crippen molar-refractivity contribution in [2.45, 2.75) is 26.3 Å². The maximum absolute atomic E-state index is 12.3. The first-order valence-corrected chi connectivity index (χ1v) is 13.0. The summed E-state index contributed by atoms with van der Waals surface area (Å²) in [6.45, 7) is 7.10. The molecule has 1 fully saturated rings. The van der Waals surface area contributed by atoms with E-state index in [4.69, 9.17) is 21.3 Å². The fourth-order valence-corrected chi connectivity index (χ4v) is 5.10. The standard InChI is InChI=1S/C26H29ClN8O2/c1-16-11-18(3-4-19(16)32-22(36)15-34-7-2-8-34)31-26-30-12-17-5-9-35(14-20(17)33-26)21-13-29-25-24(23(21)27)28-6-10-37-25/h3-4,11-13,28H,2,5-10,14-15H2,1H3,(H,32,36)(H,30,31,33). The molecule has 6 rings (SSSR count). The van der Waals surface area contributed by atoms with E-state index in [9.17, 15) is 4.79 Å². The Morgan fingerprint density at radius 3 is 2.92 bits per heavy atom. The summed E-state index contributed by atoms with van der Waals surface area (Å²) in [7, 11) is 0. The second kappa shape index (κ2) is 10.0. The average molecular weight is 521 g/mol. The SMILES string of the molecule is Cc1cc(Nc2ncc3c(n2)CN(c2cnc4c(c2Cl)NCCO4)CC3)ccc1NC(=O)CN1CCC1. The highest BCUT2D eigenvalue weighted by Crippen LogP contribution is 2.40. The number of anilines is 5. The first-order valence-electron chi connectivity index (χ1n) is 12.6. The van der Waals surface area contributed by atoms with Gasteiger partial charge in [0.05, 0.1) is 35.7 Å². The number of nitrogens with zero attached hydrogens (tertiary/aromatic N) is 5. The number of aryl methyl sites for hydroxylation is 1. The van der Waals surface area contributed by atoms with Crippen LogP contribution in [0, 0.1) is 6.92 Å². The van der Waals surface area contributed by atoms with Gasteiger partial charge < -0.3 is 25.6 Å². The number of carbonyl (C=O) groups excluding carboxylic acids is 1. The van der Waals surface area contributed by atoms with Crippen LogP contribution in [0.2, 0.25) is 5.02 Å². The molecule has 2 aromatic heterocycles. The molecule has 1 amide bonds. The maximum atomic E-state index is 12.3. The number of fused-ring (bicyclic) bond motifs is 2. The number of carbonyl (C=O) groups is 1. The number of likely N-dealkylation sites (tertiary alicyclic amines) is 1. The van der Waals surface area contributed by atoms with Crippen LogP contribution in [0.15, 0.2) is 30.6 Å². The largest absolute Gasteiger partial charge is 0.474 e. The van der Waals surface area contributed by atoms with Crippen molar-refractivity contribution >= 4 is 46.2 Å². The minimum atomic E-state index is 0.0172. The van der Waals surface area contributed by atoms with Gasteiger partial charge in [0.15, 0.2) is 0 Å². The van der Waals surface area contributed by atoms with Crippen molar-refractivity contribution in [3.63, 3.8) is 0 Å². The molecule has 1 aromatic carbocycles. The van der Waals surface area contributed by atoms with E-state index in [-0.39, 0.29) is 5.91 Å². The van der Waals surface area contributed by atoms with Crippen LogP contribution in [0.25, 0.3) is 0 Å². The molecule has 10 nitrogen and oxygen atoms in total. The summed E-state index contributed by atoms with van der Waals surface area (Å²) in [5.74, 6) is 1.09. The van der Waals surface area contributed by atoms with Crippen LogP contribution in [0.4, 0.5) is 28.7 Å². The number of halogens is 1. The van der Waals surface area contributed by atoms with Gasteiger partial charge in [-0.15, -0.1) is 0 Å². The number of hydrogen-bond donors (Lipinski definition) is 3. The summed E-state index contributed by atoms with van der Waals surface area (Å²) >= 11 is 6.72. The van der Waals surface area contributed by atoms with Crippen LogP contribution < -0.4 is 25.6 Å². The van der Waals surface area contributed by atoms with Crippen molar-refractivity contribution < 1.29 is 9.53 Å². The Bertz CT molecular complexity index is 1350. The molecule has 11 heteroatoms. The van der Waals surface area contributed by atoms with E-state index in [1.54, 1.807) is 6.20 Å². The Hall–Kier alpha value is -3.63. The van der Waals surface area contributed by atoms with Crippen molar-refractivity contribution in [3.8, 4) is 5.88 Å². The van der Waals surface area contributed by atoms with Gasteiger partial charge >= 0.3 is 0 Å². The number of rotatable bonds is 6. The minimum absolute atomic E-state index is 0.0172. The summed E-state index contributed by atoms with van der Waals surface area (Å²) in [5.41, 5.74) is 6.33. The number of amides is 1. The zero-order valence-corrected chi connectivity index (χ0v) is 21.4. The van der Waals surface area contributed by atoms with Crippen molar-refractivity contribution in [1.82, 2.24) is 19.9 Å². The van der Waals surface area contributed by atoms with Gasteiger partial charge in [0.2, 0.25) is 17.7 Å². The first kappa shape index (κ1) is 23.7. The Morgan fingerprint density at radius 2 is 2.11 bits per heavy atom. The fraction of sp³-hybridized carbons (Fsp3) is 0.385. The number of pyridine rings is 1. The lowest BCUT2D eigenvalue weighted by atomic mass is 10.1. The molecule has 3 aromatic rings. The molecule has 3 N–H and O–H groups in total. The molecule has 192 valence electrons. The lowest BCUT2D eigenvalue weighted by Gasteiger charge is -2.31. The number of ether oxygens (including phenoxy) is 1. The Morgan fingerprint density at radius 1 is 1.22 bits per heavy atom. The molecule has 0 unspecified atom stereocenters. The summed E-state index contributed by atoms with van der Waals surface area (Å²) in [4.78, 5) is 30.4. The van der Waals surface area contributed by atoms with Crippen molar-refractivity contribution in [3.05, 3.63) is 52.4 Å². The van der Waals surface area contributed by atoms with E-state index >= 15 is 0 Å². The van der Waals surface area contributed by atoms with E-state index in [2.05, 4.69) is 35.7 Å². The third kappa shape index (κ3) is 4.99. The molecule has 0 spiro atoms. The van der Waals surface area contributed by atoms with Crippen LogP contribution in [-0.2, 0) is 17.8 Å². The van der Waals surface area contributed by atoms with E-state index in [1.165, 1.54) is 6.42 Å². The van der Waals surface area contributed by atoms with Crippen LogP contribution >= 0.6 is 11.6 Å². The van der Waals surface area contributed by atoms with Gasteiger partial charge in [-0.05, 0) is 62.2 Å². The summed E-state index contributed by atoms with van der Waals surface area (Å²) in [5, 5.41) is 10.2. The highest BCUT2D eigenvalue weighted by atomic mass is 35.5. The third-order valence-electron chi connectivity index (χ3n) is 6.96. The van der Waals surface area contributed by atoms with Crippen molar-refractivity contribution in [1.29, 1.82) is 0 Å². The molecule has 0 aliphatic carbocycles. The molecule has 5 heterocycles. The number of nitrogens with one attached hydrogen (secondary N) is 3. The second-order valence-electron chi connectivity index (χ2n) is 9.58. The maximum Gasteiger partial charge on any atom is 0.239 e. The molecule has 0 radical (unpaired) electrons. The average Bonchev–Trinajstić information content (AvgIpc) is 2.88. The Kier molecular flexibility index (Phi) is 6.43. The summed E-state index contributed by atoms with van der Waals surface area (Å²) in [6.07, 6.45) is 5.65. The van der Waals surface area contributed by atoms with Crippen LogP contribution in [0.3, 0.4) is 0 Å². The molecule has 1 saturated heterocycles. The van der Waals surface area contributed by atoms with Gasteiger partial charge in [0.25, 0.3) is 0 Å². The second-order valence-corrected chi connectivity index (χ2v) is 9.96. The molecule has 0 atom stereocenters. The van der Waals surface area contributed by atoms with Crippen molar-refractivity contribution in [2.24, 2.45) is 0 Å². The van der Waals surface area contributed by atoms with Crippen LogP contribution in [-0.4, -0.2) is 65.1 Å². The van der Waals surface area contributed by atoms with Gasteiger partial charge in [-0.2, -0.15) is 0 Å². The monoisotopic (exact) mass is 520 g/mol. The predicted octanol–water partition coefficient (Wildman–Crippen LogP) is 3.59. The fourth-order valence-electron chi connectivity index (χ4n) is 4.78. The number of hydrogen-bond acceptors (Lipinski definition) is 9. The van der Waals surface area contributed by atoms with E-state index in [0.717, 1.165) is 65.6 Å². The molecule has 37 heavy (non-hydrogen) atoms. The highest BCUT2D eigenvalue weighted by molar-refractivity contribution is 6.36. The molecule has 3 aliphatic rings. The topological polar surface area (TPSA) is 108 Å². The van der Waals surface area contributed by atoms with Gasteiger partial charge in [0.1, 0.15) is 12.3 Å². The highest BCUT2D eigenvalue weighted by Gasteiger charge is 2.25. The Labute approximate surface area is 220 Å². The smallest absolute Gasteiger partial charge is 0.239 e. The predicted molar refractivity (Wildman–Crippen MR) is 144 cm³/mol. The normalized spacial score (nSPS) is 16.5. The quantitative estimate of drug-likeness (QED) is 0.449. The molecule has 0 saturated carbocycles. The van der Waals surface area contributed by atoms with Gasteiger partial charge in [0, 0.05) is 30.7 Å². The van der Waals surface area contributed by atoms with E-state index < -0.39 is 0 Å². The number of aromatic nitrogens is 3. The molecule has 3 aliphatic heterocycles. The van der Waals surface area contributed by atoms with Crippen molar-refractivity contribution in [2.75, 3.05) is 60.2 Å². The van der Waals surface area contributed by atoms with Crippen LogP contribution in [0.1, 0.15) is 23.2 Å². The van der Waals surface area contributed by atoms with E-state index in [1.807, 2.05) is 31.3 Å². The van der Waals surface area contributed by atoms with Crippen LogP contribution in [0.5, 0.6) is 5.88 Å². The number of benzene rings is 1. The Balaban J connectivity index is 1.14. The van der Waals surface area contributed by atoms with Gasteiger partial charge in [-0.1, -0.05) is 11.6 Å².